The third-order valence-corrected chi connectivity index (χ3v) is 3.01. The number of anilines is 1. The first-order valence-electron chi connectivity index (χ1n) is 6.72. The molecule has 0 radical (unpaired) electrons. The number of nitrogens with one attached hydrogen (secondary N) is 1. The van der Waals surface area contributed by atoms with Gasteiger partial charge in [-0.3, -0.25) is 0 Å². The molecular formula is C16H20N2O2. The van der Waals surface area contributed by atoms with Crippen LogP contribution in [0.15, 0.2) is 42.6 Å². The van der Waals surface area contributed by atoms with Crippen LogP contribution in [0.5, 0.6) is 11.6 Å². The maximum atomic E-state index is 5.33. The zero-order chi connectivity index (χ0) is 14.4. The quantitative estimate of drug-likeness (QED) is 0.871. The molecule has 0 aliphatic heterocycles. The van der Waals surface area contributed by atoms with Crippen LogP contribution >= 0.6 is 0 Å². The van der Waals surface area contributed by atoms with Crippen LogP contribution in [0.1, 0.15) is 25.5 Å². The summed E-state index contributed by atoms with van der Waals surface area (Å²) in [6, 6.07) is 12.0. The van der Waals surface area contributed by atoms with E-state index in [1.807, 2.05) is 37.3 Å². The second-order valence-electron chi connectivity index (χ2n) is 4.46. The first-order chi connectivity index (χ1) is 9.72. The second kappa shape index (κ2) is 6.80. The van der Waals surface area contributed by atoms with Crippen molar-refractivity contribution < 1.29 is 9.47 Å². The molecular weight excluding hydrogens is 252 g/mol. The van der Waals surface area contributed by atoms with Crippen molar-refractivity contribution in [2.45, 2.75) is 19.9 Å². The van der Waals surface area contributed by atoms with E-state index in [0.717, 1.165) is 11.4 Å². The van der Waals surface area contributed by atoms with Gasteiger partial charge in [-0.2, -0.15) is 0 Å². The molecule has 4 heteroatoms. The van der Waals surface area contributed by atoms with E-state index < -0.39 is 0 Å². The highest BCUT2D eigenvalue weighted by Crippen LogP contribution is 2.23. The smallest absolute Gasteiger partial charge is 0.213 e. The van der Waals surface area contributed by atoms with Gasteiger partial charge in [-0.1, -0.05) is 12.1 Å². The molecule has 2 rings (SSSR count). The molecule has 106 valence electrons. The van der Waals surface area contributed by atoms with Gasteiger partial charge >= 0.3 is 0 Å². The highest BCUT2D eigenvalue weighted by Gasteiger charge is 2.06. The van der Waals surface area contributed by atoms with Gasteiger partial charge in [-0.05, 0) is 37.6 Å². The van der Waals surface area contributed by atoms with Crippen molar-refractivity contribution in [1.82, 2.24) is 4.98 Å². The molecule has 1 unspecified atom stereocenters. The molecule has 0 aliphatic rings. The number of benzene rings is 1. The molecule has 1 aromatic heterocycles. The van der Waals surface area contributed by atoms with Gasteiger partial charge in [0.15, 0.2) is 0 Å². The minimum Gasteiger partial charge on any atom is -0.497 e. The normalized spacial score (nSPS) is 11.8. The number of hydrogen-bond donors (Lipinski definition) is 1. The minimum atomic E-state index is 0.171. The second-order valence-corrected chi connectivity index (χ2v) is 4.46. The number of nitrogens with zero attached hydrogens (tertiary/aromatic N) is 1. The minimum absolute atomic E-state index is 0.171. The molecule has 0 aliphatic carbocycles. The molecule has 2 aromatic rings. The first-order valence-corrected chi connectivity index (χ1v) is 6.72. The van der Waals surface area contributed by atoms with Gasteiger partial charge in [-0.15, -0.1) is 0 Å². The molecule has 4 nitrogen and oxygen atoms in total. The summed E-state index contributed by atoms with van der Waals surface area (Å²) in [6.45, 7) is 4.67. The summed E-state index contributed by atoms with van der Waals surface area (Å²) in [7, 11) is 1.67. The van der Waals surface area contributed by atoms with Crippen molar-refractivity contribution in [3.05, 3.63) is 48.2 Å². The van der Waals surface area contributed by atoms with Crippen LogP contribution in [-0.4, -0.2) is 18.7 Å². The molecule has 1 atom stereocenters. The molecule has 0 spiro atoms. The van der Waals surface area contributed by atoms with E-state index in [4.69, 9.17) is 9.47 Å². The van der Waals surface area contributed by atoms with Crippen LogP contribution in [-0.2, 0) is 0 Å². The summed E-state index contributed by atoms with van der Waals surface area (Å²) < 4.78 is 10.6. The Kier molecular flexibility index (Phi) is 4.82. The predicted octanol–water partition coefficient (Wildman–Crippen LogP) is 3.66. The standard InChI is InChI=1S/C16H20N2O2/c1-4-20-16-9-8-14(11-17-16)18-12(2)13-6-5-7-15(10-13)19-3/h5-12,18H,4H2,1-3H3. The Morgan fingerprint density at radius 3 is 2.75 bits per heavy atom. The third kappa shape index (κ3) is 3.63. The summed E-state index contributed by atoms with van der Waals surface area (Å²) in [5, 5.41) is 3.41. The maximum absolute atomic E-state index is 5.33. The van der Waals surface area contributed by atoms with Crippen LogP contribution < -0.4 is 14.8 Å². The molecule has 0 amide bonds. The highest BCUT2D eigenvalue weighted by atomic mass is 16.5. The van der Waals surface area contributed by atoms with Crippen molar-refractivity contribution in [1.29, 1.82) is 0 Å². The van der Waals surface area contributed by atoms with Crippen molar-refractivity contribution >= 4 is 5.69 Å². The van der Waals surface area contributed by atoms with E-state index in [1.165, 1.54) is 5.56 Å². The van der Waals surface area contributed by atoms with E-state index >= 15 is 0 Å². The first kappa shape index (κ1) is 14.2. The number of ether oxygens (including phenoxy) is 2. The van der Waals surface area contributed by atoms with Crippen molar-refractivity contribution in [2.24, 2.45) is 0 Å². The zero-order valence-corrected chi connectivity index (χ0v) is 12.1. The van der Waals surface area contributed by atoms with E-state index in [0.29, 0.717) is 12.5 Å². The van der Waals surface area contributed by atoms with Gasteiger partial charge in [0.25, 0.3) is 0 Å². The van der Waals surface area contributed by atoms with Gasteiger partial charge in [0.05, 0.1) is 25.6 Å². The summed E-state index contributed by atoms with van der Waals surface area (Å²) in [6.07, 6.45) is 1.78. The fourth-order valence-electron chi connectivity index (χ4n) is 1.94. The Morgan fingerprint density at radius 2 is 2.10 bits per heavy atom. The van der Waals surface area contributed by atoms with Gasteiger partial charge in [-0.25, -0.2) is 4.98 Å². The lowest BCUT2D eigenvalue weighted by molar-refractivity contribution is 0.327. The Balaban J connectivity index is 2.04. The number of pyridine rings is 1. The monoisotopic (exact) mass is 272 g/mol. The van der Waals surface area contributed by atoms with E-state index in [9.17, 15) is 0 Å². The van der Waals surface area contributed by atoms with Gasteiger partial charge in [0.1, 0.15) is 5.75 Å². The van der Waals surface area contributed by atoms with Crippen LogP contribution in [0.3, 0.4) is 0 Å². The Bertz CT molecular complexity index is 540. The number of rotatable bonds is 6. The molecule has 1 N–H and O–H groups in total. The Hall–Kier alpha value is -2.23. The lowest BCUT2D eigenvalue weighted by Crippen LogP contribution is -2.07. The molecule has 0 saturated carbocycles. The predicted molar refractivity (Wildman–Crippen MR) is 80.4 cm³/mol. The summed E-state index contributed by atoms with van der Waals surface area (Å²) in [4.78, 5) is 4.24. The van der Waals surface area contributed by atoms with Crippen LogP contribution in [0.4, 0.5) is 5.69 Å². The Labute approximate surface area is 119 Å². The van der Waals surface area contributed by atoms with E-state index in [1.54, 1.807) is 13.3 Å². The van der Waals surface area contributed by atoms with Crippen LogP contribution in [0.2, 0.25) is 0 Å². The van der Waals surface area contributed by atoms with Gasteiger partial charge in [0.2, 0.25) is 5.88 Å². The fraction of sp³-hybridized carbons (Fsp3) is 0.312. The van der Waals surface area contributed by atoms with Gasteiger partial charge in [0, 0.05) is 12.1 Å². The lowest BCUT2D eigenvalue weighted by Gasteiger charge is -2.16. The van der Waals surface area contributed by atoms with Gasteiger partial charge < -0.3 is 14.8 Å². The molecule has 0 bridgehead atoms. The molecule has 1 aromatic carbocycles. The van der Waals surface area contributed by atoms with E-state index in [-0.39, 0.29) is 6.04 Å². The molecule has 0 fully saturated rings. The van der Waals surface area contributed by atoms with Crippen LogP contribution in [0, 0.1) is 0 Å². The zero-order valence-electron chi connectivity index (χ0n) is 12.1. The SMILES string of the molecule is CCOc1ccc(NC(C)c2cccc(OC)c2)cn1. The van der Waals surface area contributed by atoms with Crippen LogP contribution in [0.25, 0.3) is 0 Å². The average Bonchev–Trinajstić information content (AvgIpc) is 2.49. The number of methoxy groups -OCH3 is 1. The molecule has 1 heterocycles. The third-order valence-electron chi connectivity index (χ3n) is 3.01. The average molecular weight is 272 g/mol. The lowest BCUT2D eigenvalue weighted by atomic mass is 10.1. The largest absolute Gasteiger partial charge is 0.497 e. The van der Waals surface area contributed by atoms with E-state index in [2.05, 4.69) is 23.3 Å². The van der Waals surface area contributed by atoms with Crippen molar-refractivity contribution in [2.75, 3.05) is 19.0 Å². The summed E-state index contributed by atoms with van der Waals surface area (Å²) in [5.74, 6) is 1.51. The topological polar surface area (TPSA) is 43.4 Å². The number of hydrogen-bond acceptors (Lipinski definition) is 4. The summed E-state index contributed by atoms with van der Waals surface area (Å²) >= 11 is 0. The highest BCUT2D eigenvalue weighted by molar-refractivity contribution is 5.45. The maximum Gasteiger partial charge on any atom is 0.213 e. The molecule has 0 saturated heterocycles. The Morgan fingerprint density at radius 1 is 1.25 bits per heavy atom. The van der Waals surface area contributed by atoms with Crippen molar-refractivity contribution in [3.8, 4) is 11.6 Å². The molecule has 20 heavy (non-hydrogen) atoms. The summed E-state index contributed by atoms with van der Waals surface area (Å²) in [5.41, 5.74) is 2.13. The number of aromatic nitrogens is 1. The van der Waals surface area contributed by atoms with Crippen molar-refractivity contribution in [3.63, 3.8) is 0 Å². The fourth-order valence-corrected chi connectivity index (χ4v) is 1.94.